The fourth-order valence-electron chi connectivity index (χ4n) is 5.25. The summed E-state index contributed by atoms with van der Waals surface area (Å²) < 4.78 is 47.0. The molecule has 0 spiro atoms. The minimum atomic E-state index is -1.77. The summed E-state index contributed by atoms with van der Waals surface area (Å²) in [7, 11) is 0. The Balaban J connectivity index is 1.49. The summed E-state index contributed by atoms with van der Waals surface area (Å²) in [5, 5.41) is 0. The average Bonchev–Trinajstić information content (AvgIpc) is 3.08. The smallest absolute Gasteiger partial charge is 0.305 e. The highest BCUT2D eigenvalue weighted by atomic mass is 16.8. The summed E-state index contributed by atoms with van der Waals surface area (Å²) in [4.78, 5) is 12.5. The number of rotatable bonds is 14. The van der Waals surface area contributed by atoms with Gasteiger partial charge in [0.15, 0.2) is 6.10 Å². The molecule has 230 valence electrons. The van der Waals surface area contributed by atoms with Crippen LogP contribution in [0.5, 0.6) is 0 Å². The number of hydrogen-bond acceptors (Lipinski definition) is 7. The van der Waals surface area contributed by atoms with E-state index in [2.05, 4.69) is 0 Å². The topological polar surface area (TPSA) is 72.5 Å². The number of carbonyl (C=O) groups excluding carboxylic acids is 1. The Bertz CT molecular complexity index is 1420. The molecule has 0 bridgehead atoms. The van der Waals surface area contributed by atoms with E-state index < -0.39 is 43.1 Å². The predicted octanol–water partition coefficient (Wildman–Crippen LogP) is 6.64. The van der Waals surface area contributed by atoms with Crippen LogP contribution in [-0.4, -0.2) is 42.8 Å². The van der Waals surface area contributed by atoms with Gasteiger partial charge in [-0.05, 0) is 22.3 Å². The van der Waals surface area contributed by atoms with E-state index in [-0.39, 0.29) is 26.4 Å². The quantitative estimate of drug-likeness (QED) is 0.151. The van der Waals surface area contributed by atoms with Gasteiger partial charge in [0.1, 0.15) is 18.3 Å². The van der Waals surface area contributed by atoms with Gasteiger partial charge in [-0.25, -0.2) is 0 Å². The third-order valence-electron chi connectivity index (χ3n) is 7.33. The zero-order chi connectivity index (χ0) is 31.3. The molecule has 0 N–H and O–H groups in total. The van der Waals surface area contributed by atoms with Gasteiger partial charge in [-0.3, -0.25) is 4.79 Å². The number of carbonyl (C=O) groups is 1. The summed E-state index contributed by atoms with van der Waals surface area (Å²) in [6.45, 7) is 2.04. The van der Waals surface area contributed by atoms with E-state index in [1.165, 1.54) is 6.92 Å². The zero-order valence-corrected chi connectivity index (χ0v) is 25.0. The van der Waals surface area contributed by atoms with Crippen molar-refractivity contribution in [1.29, 1.82) is 0 Å². The van der Waals surface area contributed by atoms with Crippen molar-refractivity contribution in [2.75, 3.05) is 6.61 Å². The molecule has 0 radical (unpaired) electrons. The first-order valence-corrected chi connectivity index (χ1v) is 14.8. The summed E-state index contributed by atoms with van der Waals surface area (Å²) in [5.41, 5.74) is 3.84. The molecule has 5 rings (SSSR count). The van der Waals surface area contributed by atoms with Crippen molar-refractivity contribution in [2.24, 2.45) is 0 Å². The zero-order valence-electron chi connectivity index (χ0n) is 26.0. The van der Waals surface area contributed by atoms with Crippen LogP contribution >= 0.6 is 0 Å². The molecule has 1 saturated heterocycles. The van der Waals surface area contributed by atoms with Crippen LogP contribution in [0.25, 0.3) is 0 Å². The highest BCUT2D eigenvalue weighted by molar-refractivity contribution is 5.66. The van der Waals surface area contributed by atoms with Crippen molar-refractivity contribution in [3.8, 4) is 0 Å². The van der Waals surface area contributed by atoms with Gasteiger partial charge in [-0.1, -0.05) is 121 Å². The molecule has 5 atom stereocenters. The van der Waals surface area contributed by atoms with E-state index in [0.29, 0.717) is 6.61 Å². The Morgan fingerprint density at radius 1 is 0.659 bits per heavy atom. The largest absolute Gasteiger partial charge is 0.431 e. The van der Waals surface area contributed by atoms with E-state index in [9.17, 15) is 4.79 Å². The van der Waals surface area contributed by atoms with Crippen LogP contribution in [0.15, 0.2) is 121 Å². The van der Waals surface area contributed by atoms with E-state index in [1.54, 1.807) is 0 Å². The van der Waals surface area contributed by atoms with Crippen molar-refractivity contribution in [1.82, 2.24) is 0 Å². The highest BCUT2D eigenvalue weighted by Gasteiger charge is 2.56. The fraction of sp³-hybridized carbons (Fsp3) is 0.324. The maximum Gasteiger partial charge on any atom is 0.305 e. The number of hydrogen-bond donors (Lipinski definition) is 0. The molecule has 7 heteroatoms. The second kappa shape index (κ2) is 15.7. The highest BCUT2D eigenvalue weighted by Crippen LogP contribution is 2.38. The van der Waals surface area contributed by atoms with Crippen LogP contribution in [0.3, 0.4) is 0 Å². The van der Waals surface area contributed by atoms with Gasteiger partial charge in [-0.2, -0.15) is 0 Å². The molecule has 1 fully saturated rings. The van der Waals surface area contributed by atoms with E-state index in [4.69, 9.17) is 29.8 Å². The third kappa shape index (κ3) is 8.85. The Hall–Kier alpha value is -3.85. The number of benzene rings is 4. The van der Waals surface area contributed by atoms with Crippen LogP contribution < -0.4 is 0 Å². The monoisotopic (exact) mass is 597 g/mol. The molecule has 4 aromatic carbocycles. The van der Waals surface area contributed by atoms with E-state index in [0.717, 1.165) is 22.3 Å². The normalized spacial score (nSPS) is 23.5. The van der Waals surface area contributed by atoms with Gasteiger partial charge in [0.25, 0.3) is 0 Å². The van der Waals surface area contributed by atoms with Gasteiger partial charge in [0.05, 0.1) is 33.0 Å². The second-order valence-corrected chi connectivity index (χ2v) is 10.8. The first kappa shape index (κ1) is 30.2. The fourth-order valence-corrected chi connectivity index (χ4v) is 5.25. The lowest BCUT2D eigenvalue weighted by atomic mass is 9.92. The molecule has 44 heavy (non-hydrogen) atoms. The lowest BCUT2D eigenvalue weighted by molar-refractivity contribution is -0.365. The Morgan fingerprint density at radius 3 is 1.55 bits per heavy atom. The lowest BCUT2D eigenvalue weighted by Gasteiger charge is -2.50. The molecule has 0 aliphatic carbocycles. The Kier molecular flexibility index (Phi) is 10.8. The second-order valence-electron chi connectivity index (χ2n) is 10.8. The predicted molar refractivity (Wildman–Crippen MR) is 166 cm³/mol. The SMILES string of the molecule is [2H]CC1(OC(C)=O)O[C@H](COCc2ccccc2)[C@@H](OCc2ccccc2)[C@H](OCc2ccccc2)[C@H]1OCc1ccccc1. The molecule has 0 aromatic heterocycles. The van der Waals surface area contributed by atoms with Gasteiger partial charge < -0.3 is 28.4 Å². The molecular weight excluding hydrogens is 556 g/mol. The van der Waals surface area contributed by atoms with E-state index in [1.807, 2.05) is 121 Å². The maximum atomic E-state index is 12.5. The summed E-state index contributed by atoms with van der Waals surface area (Å²) in [5.74, 6) is -2.36. The van der Waals surface area contributed by atoms with Crippen molar-refractivity contribution in [3.63, 3.8) is 0 Å². The molecule has 1 unspecified atom stereocenters. The van der Waals surface area contributed by atoms with Crippen LogP contribution in [-0.2, 0) is 59.6 Å². The lowest BCUT2D eigenvalue weighted by Crippen LogP contribution is -2.67. The van der Waals surface area contributed by atoms with Crippen molar-refractivity contribution in [3.05, 3.63) is 144 Å². The van der Waals surface area contributed by atoms with Crippen molar-refractivity contribution >= 4 is 5.97 Å². The summed E-state index contributed by atoms with van der Waals surface area (Å²) in [6.07, 6.45) is -3.23. The van der Waals surface area contributed by atoms with Crippen LogP contribution in [0.1, 0.15) is 37.4 Å². The molecule has 0 saturated carbocycles. The molecule has 1 aliphatic heterocycles. The van der Waals surface area contributed by atoms with Gasteiger partial charge >= 0.3 is 5.97 Å². The van der Waals surface area contributed by atoms with Gasteiger partial charge in [0, 0.05) is 15.2 Å². The number of esters is 1. The van der Waals surface area contributed by atoms with Crippen LogP contribution in [0.2, 0.25) is 0 Å². The van der Waals surface area contributed by atoms with Crippen molar-refractivity contribution in [2.45, 2.75) is 70.5 Å². The Labute approximate surface area is 261 Å². The maximum absolute atomic E-state index is 12.5. The first-order chi connectivity index (χ1) is 22.1. The minimum Gasteiger partial charge on any atom is -0.431 e. The molecule has 1 aliphatic rings. The van der Waals surface area contributed by atoms with Crippen LogP contribution in [0.4, 0.5) is 0 Å². The molecule has 4 aromatic rings. The van der Waals surface area contributed by atoms with Gasteiger partial charge in [0.2, 0.25) is 5.79 Å². The van der Waals surface area contributed by atoms with Crippen molar-refractivity contribution < 1.29 is 34.6 Å². The molecule has 7 nitrogen and oxygen atoms in total. The summed E-state index contributed by atoms with van der Waals surface area (Å²) in [6, 6.07) is 39.1. The average molecular weight is 598 g/mol. The van der Waals surface area contributed by atoms with E-state index >= 15 is 0 Å². The number of ether oxygens (including phenoxy) is 6. The van der Waals surface area contributed by atoms with Gasteiger partial charge in [-0.15, -0.1) is 0 Å². The van der Waals surface area contributed by atoms with Crippen LogP contribution in [0, 0.1) is 0 Å². The minimum absolute atomic E-state index is 0.105. The standard InChI is InChI=1S/C37H40O7/c1-28(38)43-37(2)36(42-26-32-21-13-6-14-22-32)35(41-25-31-19-11-5-12-20-31)34(40-24-30-17-9-4-10-18-30)33(44-37)27-39-23-29-15-7-3-8-16-29/h3-22,33-36H,23-27H2,1-2H3/t33-,34-,35+,36-,37?/m1/s1/i2D. The summed E-state index contributed by atoms with van der Waals surface area (Å²) >= 11 is 0. The third-order valence-corrected chi connectivity index (χ3v) is 7.33. The molecular formula is C37H40O7. The molecule has 0 amide bonds. The molecule has 1 heterocycles. The first-order valence-electron chi connectivity index (χ1n) is 15.5. The Morgan fingerprint density at radius 2 is 1.09 bits per heavy atom.